The van der Waals surface area contributed by atoms with Gasteiger partial charge in [-0.2, -0.15) is 5.26 Å². The van der Waals surface area contributed by atoms with Crippen LogP contribution in [0.1, 0.15) is 15.9 Å². The number of nitrogens with zero attached hydrogens (tertiary/aromatic N) is 1. The molecule has 0 aliphatic rings. The van der Waals surface area contributed by atoms with E-state index in [4.69, 9.17) is 10.4 Å². The minimum atomic E-state index is -0.942. The normalized spacial score (nSPS) is 9.59. The van der Waals surface area contributed by atoms with Gasteiger partial charge in [0.2, 0.25) is 0 Å². The van der Waals surface area contributed by atoms with Crippen LogP contribution in [-0.4, -0.2) is 11.1 Å². The summed E-state index contributed by atoms with van der Waals surface area (Å²) in [5.41, 5.74) is 2.64. The van der Waals surface area contributed by atoms with Gasteiger partial charge in [-0.1, -0.05) is 24.3 Å². The fraction of sp³-hybridized carbons (Fsp3) is 0. The maximum atomic E-state index is 10.7. The highest BCUT2D eigenvalue weighted by atomic mass is 16.4. The molecule has 0 saturated heterocycles. The number of nitriles is 1. The van der Waals surface area contributed by atoms with Crippen LogP contribution < -0.4 is 0 Å². The Kier molecular flexibility index (Phi) is 2.89. The molecule has 0 unspecified atom stereocenters. The Balaban J connectivity index is 2.40. The van der Waals surface area contributed by atoms with Crippen molar-refractivity contribution in [1.29, 1.82) is 5.26 Å². The van der Waals surface area contributed by atoms with E-state index in [2.05, 4.69) is 6.07 Å². The Morgan fingerprint density at radius 2 is 1.76 bits per heavy atom. The van der Waals surface area contributed by atoms with Crippen LogP contribution in [0.3, 0.4) is 0 Å². The first-order chi connectivity index (χ1) is 8.20. The van der Waals surface area contributed by atoms with Crippen molar-refractivity contribution in [1.82, 2.24) is 0 Å². The minimum absolute atomic E-state index is 0.255. The lowest BCUT2D eigenvalue weighted by Crippen LogP contribution is -1.94. The predicted molar refractivity (Wildman–Crippen MR) is 63.6 cm³/mol. The van der Waals surface area contributed by atoms with Gasteiger partial charge in [0.15, 0.2) is 0 Å². The van der Waals surface area contributed by atoms with Crippen molar-refractivity contribution in [3.8, 4) is 17.2 Å². The summed E-state index contributed by atoms with van der Waals surface area (Å²) in [7, 11) is 0. The van der Waals surface area contributed by atoms with E-state index in [1.807, 2.05) is 6.07 Å². The molecule has 0 atom stereocenters. The lowest BCUT2D eigenvalue weighted by atomic mass is 10.0. The molecule has 3 nitrogen and oxygen atoms in total. The van der Waals surface area contributed by atoms with E-state index in [1.54, 1.807) is 42.5 Å². The number of carboxylic acids is 1. The van der Waals surface area contributed by atoms with Crippen LogP contribution in [0.4, 0.5) is 0 Å². The van der Waals surface area contributed by atoms with Crippen molar-refractivity contribution in [2.45, 2.75) is 0 Å². The monoisotopic (exact) mass is 223 g/mol. The van der Waals surface area contributed by atoms with E-state index < -0.39 is 5.97 Å². The third kappa shape index (κ3) is 2.32. The highest BCUT2D eigenvalue weighted by Gasteiger charge is 2.03. The number of carboxylic acid groups (broad SMARTS) is 1. The highest BCUT2D eigenvalue weighted by Crippen LogP contribution is 2.20. The largest absolute Gasteiger partial charge is 0.478 e. The summed E-state index contributed by atoms with van der Waals surface area (Å²) in [6.45, 7) is 0. The van der Waals surface area contributed by atoms with Crippen LogP contribution in [0, 0.1) is 11.3 Å². The average molecular weight is 223 g/mol. The molecule has 0 saturated carbocycles. The lowest BCUT2D eigenvalue weighted by Gasteiger charge is -2.02. The summed E-state index contributed by atoms with van der Waals surface area (Å²) in [5.74, 6) is -0.942. The van der Waals surface area contributed by atoms with Crippen molar-refractivity contribution in [2.75, 3.05) is 0 Å². The lowest BCUT2D eigenvalue weighted by molar-refractivity contribution is 0.0697. The first-order valence-corrected chi connectivity index (χ1v) is 5.04. The van der Waals surface area contributed by atoms with E-state index >= 15 is 0 Å². The molecule has 1 N–H and O–H groups in total. The summed E-state index contributed by atoms with van der Waals surface area (Å²) in [5, 5.41) is 17.6. The molecule has 0 amide bonds. The fourth-order valence-corrected chi connectivity index (χ4v) is 1.57. The molecule has 0 spiro atoms. The Labute approximate surface area is 98.6 Å². The molecule has 0 aliphatic carbocycles. The van der Waals surface area contributed by atoms with Crippen molar-refractivity contribution in [3.05, 3.63) is 59.7 Å². The van der Waals surface area contributed by atoms with Gasteiger partial charge in [0, 0.05) is 0 Å². The molecule has 2 aromatic carbocycles. The molecular formula is C14H9NO2. The minimum Gasteiger partial charge on any atom is -0.478 e. The fourth-order valence-electron chi connectivity index (χ4n) is 1.57. The van der Waals surface area contributed by atoms with Crippen molar-refractivity contribution < 1.29 is 9.90 Å². The van der Waals surface area contributed by atoms with Gasteiger partial charge in [0.25, 0.3) is 0 Å². The molecular weight excluding hydrogens is 214 g/mol. The topological polar surface area (TPSA) is 61.1 Å². The summed E-state index contributed by atoms with van der Waals surface area (Å²) >= 11 is 0. The van der Waals surface area contributed by atoms with E-state index in [1.165, 1.54) is 0 Å². The molecule has 82 valence electrons. The van der Waals surface area contributed by atoms with Gasteiger partial charge < -0.3 is 5.11 Å². The molecule has 0 bridgehead atoms. The van der Waals surface area contributed by atoms with Crippen LogP contribution in [-0.2, 0) is 0 Å². The zero-order valence-electron chi connectivity index (χ0n) is 8.92. The third-order valence-electron chi connectivity index (χ3n) is 2.46. The van der Waals surface area contributed by atoms with Gasteiger partial charge in [0.1, 0.15) is 0 Å². The van der Waals surface area contributed by atoms with E-state index in [-0.39, 0.29) is 5.56 Å². The number of aromatic carboxylic acids is 1. The van der Waals surface area contributed by atoms with Gasteiger partial charge in [-0.3, -0.25) is 0 Å². The van der Waals surface area contributed by atoms with Crippen LogP contribution in [0.25, 0.3) is 11.1 Å². The van der Waals surface area contributed by atoms with Crippen molar-refractivity contribution in [2.24, 2.45) is 0 Å². The Hall–Kier alpha value is -2.60. The van der Waals surface area contributed by atoms with Crippen molar-refractivity contribution in [3.63, 3.8) is 0 Å². The number of carbonyl (C=O) groups is 1. The zero-order valence-corrected chi connectivity index (χ0v) is 8.92. The Bertz CT molecular complexity index is 594. The third-order valence-corrected chi connectivity index (χ3v) is 2.46. The molecule has 0 fully saturated rings. The van der Waals surface area contributed by atoms with E-state index in [9.17, 15) is 4.79 Å². The van der Waals surface area contributed by atoms with Gasteiger partial charge in [0.05, 0.1) is 17.2 Å². The molecule has 0 heterocycles. The molecule has 0 aliphatic heterocycles. The summed E-state index contributed by atoms with van der Waals surface area (Å²) in [6, 6.07) is 15.8. The summed E-state index contributed by atoms with van der Waals surface area (Å²) in [4.78, 5) is 10.7. The maximum absolute atomic E-state index is 10.7. The average Bonchev–Trinajstić information content (AvgIpc) is 2.39. The van der Waals surface area contributed by atoms with Gasteiger partial charge in [-0.05, 0) is 35.4 Å². The van der Waals surface area contributed by atoms with Crippen LogP contribution in [0.5, 0.6) is 0 Å². The molecule has 2 rings (SSSR count). The second-order valence-corrected chi connectivity index (χ2v) is 3.58. The van der Waals surface area contributed by atoms with E-state index in [0.29, 0.717) is 5.56 Å². The van der Waals surface area contributed by atoms with Gasteiger partial charge in [-0.15, -0.1) is 0 Å². The molecule has 3 heteroatoms. The molecule has 0 radical (unpaired) electrons. The predicted octanol–water partition coefficient (Wildman–Crippen LogP) is 2.92. The van der Waals surface area contributed by atoms with Crippen molar-refractivity contribution >= 4 is 5.97 Å². The zero-order chi connectivity index (χ0) is 12.3. The SMILES string of the molecule is N#Cc1cccc(-c2ccc(C(=O)O)cc2)c1. The van der Waals surface area contributed by atoms with Gasteiger partial charge >= 0.3 is 5.97 Å². The number of rotatable bonds is 2. The summed E-state index contributed by atoms with van der Waals surface area (Å²) < 4.78 is 0. The molecule has 17 heavy (non-hydrogen) atoms. The molecule has 0 aromatic heterocycles. The highest BCUT2D eigenvalue weighted by molar-refractivity contribution is 5.88. The second kappa shape index (κ2) is 4.50. The standard InChI is InChI=1S/C14H9NO2/c15-9-10-2-1-3-13(8-10)11-4-6-12(7-5-11)14(16)17/h1-8H,(H,16,17). The number of benzene rings is 2. The second-order valence-electron chi connectivity index (χ2n) is 3.58. The van der Waals surface area contributed by atoms with Crippen LogP contribution in [0.15, 0.2) is 48.5 Å². The maximum Gasteiger partial charge on any atom is 0.335 e. The van der Waals surface area contributed by atoms with E-state index in [0.717, 1.165) is 11.1 Å². The Morgan fingerprint density at radius 3 is 2.35 bits per heavy atom. The van der Waals surface area contributed by atoms with Gasteiger partial charge in [-0.25, -0.2) is 4.79 Å². The number of hydrogen-bond acceptors (Lipinski definition) is 2. The summed E-state index contributed by atoms with van der Waals surface area (Å²) in [6.07, 6.45) is 0. The quantitative estimate of drug-likeness (QED) is 0.851. The first kappa shape index (κ1) is 10.9. The molecule has 2 aromatic rings. The van der Waals surface area contributed by atoms with Crippen LogP contribution in [0.2, 0.25) is 0 Å². The number of hydrogen-bond donors (Lipinski definition) is 1. The Morgan fingerprint density at radius 1 is 1.06 bits per heavy atom. The first-order valence-electron chi connectivity index (χ1n) is 5.04. The smallest absolute Gasteiger partial charge is 0.335 e. The van der Waals surface area contributed by atoms with Crippen LogP contribution >= 0.6 is 0 Å².